The molecule has 0 spiro atoms. The predicted octanol–water partition coefficient (Wildman–Crippen LogP) is 3.20. The number of hydrogen-bond acceptors (Lipinski definition) is 3. The number of carboxylic acid groups (broad SMARTS) is 1. The molecule has 0 radical (unpaired) electrons. The number of anilines is 1. The van der Waals surface area contributed by atoms with E-state index in [0.29, 0.717) is 17.9 Å². The second kappa shape index (κ2) is 8.15. The smallest absolute Gasteiger partial charge is 0.341 e. The number of aliphatic carboxylic acids is 1. The number of hydrogen-bond donors (Lipinski definition) is 2. The number of nitrogens with one attached hydrogen (secondary N) is 1. The average Bonchev–Trinajstić information content (AvgIpc) is 2.56. The molecule has 5 nitrogen and oxygen atoms in total. The van der Waals surface area contributed by atoms with Crippen LogP contribution in [0.1, 0.15) is 23.6 Å². The molecule has 2 rings (SSSR count). The lowest BCUT2D eigenvalue weighted by atomic mass is 10.1. The zero-order chi connectivity index (χ0) is 17.5. The van der Waals surface area contributed by atoms with Gasteiger partial charge in [-0.15, -0.1) is 0 Å². The number of rotatable bonds is 7. The van der Waals surface area contributed by atoms with Gasteiger partial charge in [0.1, 0.15) is 5.75 Å². The molecule has 0 aromatic heterocycles. The molecule has 0 saturated heterocycles. The van der Waals surface area contributed by atoms with E-state index >= 15 is 0 Å². The fraction of sp³-hybridized carbons (Fsp3) is 0.263. The predicted molar refractivity (Wildman–Crippen MR) is 92.5 cm³/mol. The highest BCUT2D eigenvalue weighted by Gasteiger charge is 2.08. The maximum Gasteiger partial charge on any atom is 0.341 e. The molecule has 2 aromatic carbocycles. The first-order valence-electron chi connectivity index (χ1n) is 7.81. The van der Waals surface area contributed by atoms with Gasteiger partial charge in [-0.3, -0.25) is 4.79 Å². The summed E-state index contributed by atoms with van der Waals surface area (Å²) in [7, 11) is 0. The molecule has 2 aromatic rings. The number of carbonyl (C=O) groups excluding carboxylic acids is 1. The number of amides is 1. The van der Waals surface area contributed by atoms with E-state index in [4.69, 9.17) is 9.84 Å². The highest BCUT2D eigenvalue weighted by atomic mass is 16.5. The lowest BCUT2D eigenvalue weighted by molar-refractivity contribution is -0.139. The Morgan fingerprint density at radius 2 is 1.75 bits per heavy atom. The van der Waals surface area contributed by atoms with E-state index in [0.717, 1.165) is 17.5 Å². The summed E-state index contributed by atoms with van der Waals surface area (Å²) >= 11 is 0. The summed E-state index contributed by atoms with van der Waals surface area (Å²) in [6, 6.07) is 13.0. The van der Waals surface area contributed by atoms with Gasteiger partial charge in [-0.2, -0.15) is 0 Å². The molecule has 5 heteroatoms. The Bertz CT molecular complexity index is 723. The fourth-order valence-electron chi connectivity index (χ4n) is 2.28. The van der Waals surface area contributed by atoms with Crippen LogP contribution in [-0.2, 0) is 22.4 Å². The SMILES string of the molecule is CCc1ccc(CC(=O)Nc2ccc(OCC(=O)O)cc2C)cc1. The molecule has 0 aliphatic heterocycles. The van der Waals surface area contributed by atoms with Crippen LogP contribution < -0.4 is 10.1 Å². The summed E-state index contributed by atoms with van der Waals surface area (Å²) in [6.45, 7) is 3.53. The Balaban J connectivity index is 1.96. The van der Waals surface area contributed by atoms with Gasteiger partial charge in [0, 0.05) is 5.69 Å². The minimum atomic E-state index is -1.03. The third-order valence-electron chi connectivity index (χ3n) is 3.63. The molecule has 24 heavy (non-hydrogen) atoms. The first-order valence-corrected chi connectivity index (χ1v) is 7.81. The van der Waals surface area contributed by atoms with E-state index in [1.165, 1.54) is 5.56 Å². The number of carboxylic acids is 1. The number of ether oxygens (including phenoxy) is 1. The average molecular weight is 327 g/mol. The lowest BCUT2D eigenvalue weighted by Crippen LogP contribution is -2.15. The van der Waals surface area contributed by atoms with Crippen molar-refractivity contribution < 1.29 is 19.4 Å². The molecule has 126 valence electrons. The summed E-state index contributed by atoms with van der Waals surface area (Å²) in [5.74, 6) is -0.663. The maximum absolute atomic E-state index is 12.2. The Hall–Kier alpha value is -2.82. The maximum atomic E-state index is 12.2. The summed E-state index contributed by atoms with van der Waals surface area (Å²) in [5.41, 5.74) is 3.70. The third-order valence-corrected chi connectivity index (χ3v) is 3.63. The van der Waals surface area contributed by atoms with Gasteiger partial charge < -0.3 is 15.2 Å². The Morgan fingerprint density at radius 3 is 2.33 bits per heavy atom. The second-order valence-electron chi connectivity index (χ2n) is 5.55. The normalized spacial score (nSPS) is 10.2. The van der Waals surface area contributed by atoms with Gasteiger partial charge >= 0.3 is 5.97 Å². The first kappa shape index (κ1) is 17.5. The van der Waals surface area contributed by atoms with Crippen molar-refractivity contribution in [2.45, 2.75) is 26.7 Å². The Kier molecular flexibility index (Phi) is 5.95. The van der Waals surface area contributed by atoms with Crippen molar-refractivity contribution in [3.8, 4) is 5.75 Å². The molecule has 0 heterocycles. The van der Waals surface area contributed by atoms with E-state index < -0.39 is 5.97 Å². The van der Waals surface area contributed by atoms with Crippen molar-refractivity contribution in [1.29, 1.82) is 0 Å². The molecule has 0 saturated carbocycles. The Morgan fingerprint density at radius 1 is 1.08 bits per heavy atom. The van der Waals surface area contributed by atoms with Crippen LogP contribution >= 0.6 is 0 Å². The molecule has 1 amide bonds. The Labute approximate surface area is 141 Å². The van der Waals surface area contributed by atoms with Crippen LogP contribution in [0.5, 0.6) is 5.75 Å². The molecule has 0 fully saturated rings. The summed E-state index contributed by atoms with van der Waals surface area (Å²) in [6.07, 6.45) is 1.28. The van der Waals surface area contributed by atoms with Gasteiger partial charge in [0.15, 0.2) is 6.61 Å². The summed E-state index contributed by atoms with van der Waals surface area (Å²) < 4.78 is 5.11. The largest absolute Gasteiger partial charge is 0.482 e. The fourth-order valence-corrected chi connectivity index (χ4v) is 2.28. The standard InChI is InChI=1S/C19H21NO4/c1-3-14-4-6-15(7-5-14)11-18(21)20-17-9-8-16(10-13(17)2)24-12-19(22)23/h4-10H,3,11-12H2,1-2H3,(H,20,21)(H,22,23). The van der Waals surface area contributed by atoms with Crippen molar-refractivity contribution in [3.05, 3.63) is 59.2 Å². The molecule has 0 aliphatic carbocycles. The van der Waals surface area contributed by atoms with Gasteiger partial charge in [-0.05, 0) is 48.2 Å². The topological polar surface area (TPSA) is 75.6 Å². The van der Waals surface area contributed by atoms with Gasteiger partial charge in [0.25, 0.3) is 0 Å². The van der Waals surface area contributed by atoms with Gasteiger partial charge in [0.2, 0.25) is 5.91 Å². The van der Waals surface area contributed by atoms with Gasteiger partial charge in [0.05, 0.1) is 6.42 Å². The molecular formula is C19H21NO4. The quantitative estimate of drug-likeness (QED) is 0.819. The first-order chi connectivity index (χ1) is 11.5. The van der Waals surface area contributed by atoms with Crippen LogP contribution in [0, 0.1) is 6.92 Å². The van der Waals surface area contributed by atoms with Crippen molar-refractivity contribution in [2.75, 3.05) is 11.9 Å². The van der Waals surface area contributed by atoms with Crippen LogP contribution in [-0.4, -0.2) is 23.6 Å². The molecular weight excluding hydrogens is 306 g/mol. The minimum absolute atomic E-state index is 0.0958. The lowest BCUT2D eigenvalue weighted by Gasteiger charge is -2.11. The number of benzene rings is 2. The molecule has 0 unspecified atom stereocenters. The number of carbonyl (C=O) groups is 2. The molecule has 2 N–H and O–H groups in total. The monoisotopic (exact) mass is 327 g/mol. The minimum Gasteiger partial charge on any atom is -0.482 e. The zero-order valence-corrected chi connectivity index (χ0v) is 13.8. The van der Waals surface area contributed by atoms with Crippen molar-refractivity contribution >= 4 is 17.6 Å². The highest BCUT2D eigenvalue weighted by molar-refractivity contribution is 5.93. The van der Waals surface area contributed by atoms with Crippen molar-refractivity contribution in [3.63, 3.8) is 0 Å². The van der Waals surface area contributed by atoms with Crippen LogP contribution in [0.3, 0.4) is 0 Å². The van der Waals surface area contributed by atoms with E-state index in [1.807, 2.05) is 31.2 Å². The molecule has 0 aliphatic rings. The number of aryl methyl sites for hydroxylation is 2. The van der Waals surface area contributed by atoms with E-state index in [2.05, 4.69) is 12.2 Å². The van der Waals surface area contributed by atoms with Crippen molar-refractivity contribution in [2.24, 2.45) is 0 Å². The van der Waals surface area contributed by atoms with Gasteiger partial charge in [-0.1, -0.05) is 31.2 Å². The van der Waals surface area contributed by atoms with Crippen molar-refractivity contribution in [1.82, 2.24) is 0 Å². The summed E-state index contributed by atoms with van der Waals surface area (Å²) in [4.78, 5) is 22.7. The molecule has 0 bridgehead atoms. The third kappa shape index (κ3) is 5.12. The van der Waals surface area contributed by atoms with Crippen LogP contribution in [0.2, 0.25) is 0 Å². The molecule has 0 atom stereocenters. The van der Waals surface area contributed by atoms with E-state index in [-0.39, 0.29) is 12.5 Å². The summed E-state index contributed by atoms with van der Waals surface area (Å²) in [5, 5.41) is 11.5. The second-order valence-corrected chi connectivity index (χ2v) is 5.55. The highest BCUT2D eigenvalue weighted by Crippen LogP contribution is 2.21. The van der Waals surface area contributed by atoms with Crippen LogP contribution in [0.4, 0.5) is 5.69 Å². The van der Waals surface area contributed by atoms with Gasteiger partial charge in [-0.25, -0.2) is 4.79 Å². The van der Waals surface area contributed by atoms with E-state index in [1.54, 1.807) is 18.2 Å². The zero-order valence-electron chi connectivity index (χ0n) is 13.8. The van der Waals surface area contributed by atoms with Crippen LogP contribution in [0.25, 0.3) is 0 Å². The van der Waals surface area contributed by atoms with Crippen LogP contribution in [0.15, 0.2) is 42.5 Å². The van der Waals surface area contributed by atoms with E-state index in [9.17, 15) is 9.59 Å².